The fourth-order valence-corrected chi connectivity index (χ4v) is 3.33. The van der Waals surface area contributed by atoms with Crippen molar-refractivity contribution >= 4 is 34.6 Å². The number of fused-ring (bicyclic) bond motifs is 1. The molecule has 4 amide bonds. The summed E-state index contributed by atoms with van der Waals surface area (Å²) >= 11 is 0. The number of rotatable bonds is 7. The Labute approximate surface area is 166 Å². The summed E-state index contributed by atoms with van der Waals surface area (Å²) < 4.78 is 0. The molecule has 0 bridgehead atoms. The molecule has 1 heterocycles. The van der Waals surface area contributed by atoms with E-state index in [9.17, 15) is 19.2 Å². The van der Waals surface area contributed by atoms with Gasteiger partial charge in [-0.2, -0.15) is 0 Å². The van der Waals surface area contributed by atoms with E-state index in [1.807, 2.05) is 36.4 Å². The summed E-state index contributed by atoms with van der Waals surface area (Å²) in [6.45, 7) is 0.410. The highest BCUT2D eigenvalue weighted by Gasteiger charge is 2.49. The number of carbonyl (C=O) groups excluding carboxylic acids is 3. The van der Waals surface area contributed by atoms with Gasteiger partial charge in [0.25, 0.3) is 5.91 Å². The van der Waals surface area contributed by atoms with Crippen LogP contribution in [0.3, 0.4) is 0 Å². The minimum Gasteiger partial charge on any atom is -0.481 e. The Hall–Kier alpha value is -3.46. The summed E-state index contributed by atoms with van der Waals surface area (Å²) in [5.41, 5.74) is -0.754. The maximum absolute atomic E-state index is 13.0. The van der Waals surface area contributed by atoms with E-state index in [1.165, 1.54) is 0 Å². The average Bonchev–Trinajstić information content (AvgIpc) is 2.90. The second-order valence-electron chi connectivity index (χ2n) is 7.05. The first-order valence-corrected chi connectivity index (χ1v) is 9.00. The number of benzene rings is 2. The van der Waals surface area contributed by atoms with Gasteiger partial charge in [0.2, 0.25) is 5.91 Å². The summed E-state index contributed by atoms with van der Waals surface area (Å²) in [7, 11) is 0. The Morgan fingerprint density at radius 3 is 2.52 bits per heavy atom. The lowest BCUT2D eigenvalue weighted by molar-refractivity contribution is -0.139. The molecule has 2 atom stereocenters. The highest BCUT2D eigenvalue weighted by molar-refractivity contribution is 6.09. The number of carboxylic acids is 1. The van der Waals surface area contributed by atoms with E-state index in [2.05, 4.69) is 10.6 Å². The number of nitrogens with one attached hydrogen (secondary N) is 2. The summed E-state index contributed by atoms with van der Waals surface area (Å²) in [5.74, 6) is -2.52. The molecule has 0 aromatic heterocycles. The number of aliphatic carboxylic acids is 1. The largest absolute Gasteiger partial charge is 0.481 e. The van der Waals surface area contributed by atoms with Crippen LogP contribution in [0.2, 0.25) is 0 Å². The molecule has 9 nitrogen and oxygen atoms in total. The highest BCUT2D eigenvalue weighted by atomic mass is 16.4. The van der Waals surface area contributed by atoms with Gasteiger partial charge < -0.3 is 20.8 Å². The number of amides is 4. The third-order valence-electron chi connectivity index (χ3n) is 4.91. The molecule has 1 aliphatic rings. The maximum atomic E-state index is 13.0. The SMILES string of the molecule is CC1(c2ccc3ccccc3c2)NC(=O)N(CC(=O)N[C@H](CO)CC(=O)O)C1=O. The third kappa shape index (κ3) is 4.04. The Balaban J connectivity index is 1.77. The molecule has 9 heteroatoms. The Morgan fingerprint density at radius 1 is 1.17 bits per heavy atom. The molecule has 0 radical (unpaired) electrons. The molecular weight excluding hydrogens is 378 g/mol. The fourth-order valence-electron chi connectivity index (χ4n) is 3.33. The molecule has 29 heavy (non-hydrogen) atoms. The van der Waals surface area contributed by atoms with E-state index < -0.39 is 55.0 Å². The highest BCUT2D eigenvalue weighted by Crippen LogP contribution is 2.30. The summed E-state index contributed by atoms with van der Waals surface area (Å²) in [4.78, 5) is 49.0. The molecule has 0 saturated carbocycles. The van der Waals surface area contributed by atoms with Crippen molar-refractivity contribution in [2.75, 3.05) is 13.2 Å². The smallest absolute Gasteiger partial charge is 0.325 e. The van der Waals surface area contributed by atoms with E-state index in [-0.39, 0.29) is 0 Å². The molecule has 4 N–H and O–H groups in total. The van der Waals surface area contributed by atoms with Gasteiger partial charge in [0.15, 0.2) is 0 Å². The third-order valence-corrected chi connectivity index (χ3v) is 4.91. The van der Waals surface area contributed by atoms with E-state index in [0.717, 1.165) is 15.7 Å². The van der Waals surface area contributed by atoms with E-state index in [1.54, 1.807) is 13.0 Å². The number of nitrogens with zero attached hydrogens (tertiary/aromatic N) is 1. The van der Waals surface area contributed by atoms with Crippen LogP contribution < -0.4 is 10.6 Å². The lowest BCUT2D eigenvalue weighted by atomic mass is 9.90. The van der Waals surface area contributed by atoms with Crippen LogP contribution >= 0.6 is 0 Å². The van der Waals surface area contributed by atoms with Crippen LogP contribution in [-0.2, 0) is 19.9 Å². The van der Waals surface area contributed by atoms with Crippen LogP contribution in [0.4, 0.5) is 4.79 Å². The molecule has 1 aliphatic heterocycles. The van der Waals surface area contributed by atoms with Gasteiger partial charge in [0, 0.05) is 0 Å². The molecular formula is C20H21N3O6. The van der Waals surface area contributed by atoms with Gasteiger partial charge in [-0.1, -0.05) is 36.4 Å². The average molecular weight is 399 g/mol. The first-order chi connectivity index (χ1) is 13.7. The molecule has 1 fully saturated rings. The van der Waals surface area contributed by atoms with Crippen molar-refractivity contribution in [1.82, 2.24) is 15.5 Å². The van der Waals surface area contributed by atoms with Crippen LogP contribution in [0.1, 0.15) is 18.9 Å². The van der Waals surface area contributed by atoms with Gasteiger partial charge in [-0.3, -0.25) is 19.3 Å². The molecule has 0 spiro atoms. The molecule has 1 unspecified atom stereocenters. The Kier molecular flexibility index (Phi) is 5.51. The number of aliphatic hydroxyl groups excluding tert-OH is 1. The van der Waals surface area contributed by atoms with Crippen molar-refractivity contribution in [2.24, 2.45) is 0 Å². The number of hydrogen-bond acceptors (Lipinski definition) is 5. The van der Waals surface area contributed by atoms with Crippen LogP contribution in [0.25, 0.3) is 10.8 Å². The zero-order valence-electron chi connectivity index (χ0n) is 15.7. The number of carbonyl (C=O) groups is 4. The van der Waals surface area contributed by atoms with Crippen molar-refractivity contribution in [3.63, 3.8) is 0 Å². The summed E-state index contributed by atoms with van der Waals surface area (Å²) in [5, 5.41) is 24.8. The lowest BCUT2D eigenvalue weighted by Crippen LogP contribution is -2.47. The Morgan fingerprint density at radius 2 is 1.86 bits per heavy atom. The van der Waals surface area contributed by atoms with Crippen molar-refractivity contribution < 1.29 is 29.4 Å². The van der Waals surface area contributed by atoms with Gasteiger partial charge in [0.05, 0.1) is 19.1 Å². The molecule has 3 rings (SSSR count). The van der Waals surface area contributed by atoms with Crippen molar-refractivity contribution in [3.05, 3.63) is 48.0 Å². The van der Waals surface area contributed by atoms with E-state index in [4.69, 9.17) is 10.2 Å². The second-order valence-corrected chi connectivity index (χ2v) is 7.05. The molecule has 2 aromatic rings. The summed E-state index contributed by atoms with van der Waals surface area (Å²) in [6.07, 6.45) is -0.475. The predicted octanol–water partition coefficient (Wildman–Crippen LogP) is 0.559. The van der Waals surface area contributed by atoms with Gasteiger partial charge in [0.1, 0.15) is 12.1 Å². The van der Waals surface area contributed by atoms with Gasteiger partial charge in [-0.25, -0.2) is 4.79 Å². The van der Waals surface area contributed by atoms with Crippen LogP contribution in [0.5, 0.6) is 0 Å². The summed E-state index contributed by atoms with van der Waals surface area (Å²) in [6, 6.07) is 11.3. The fraction of sp³-hybridized carbons (Fsp3) is 0.300. The lowest BCUT2D eigenvalue weighted by Gasteiger charge is -2.23. The van der Waals surface area contributed by atoms with Crippen LogP contribution in [-0.4, -0.2) is 58.1 Å². The zero-order chi connectivity index (χ0) is 21.2. The molecule has 2 aromatic carbocycles. The van der Waals surface area contributed by atoms with Crippen LogP contribution in [0.15, 0.2) is 42.5 Å². The predicted molar refractivity (Wildman–Crippen MR) is 103 cm³/mol. The molecule has 0 aliphatic carbocycles. The minimum absolute atomic E-state index is 0.475. The zero-order valence-corrected chi connectivity index (χ0v) is 15.7. The van der Waals surface area contributed by atoms with Gasteiger partial charge in [-0.15, -0.1) is 0 Å². The number of urea groups is 1. The first kappa shape index (κ1) is 20.3. The number of aliphatic hydroxyl groups is 1. The topological polar surface area (TPSA) is 136 Å². The van der Waals surface area contributed by atoms with Crippen LogP contribution in [0, 0.1) is 0 Å². The van der Waals surface area contributed by atoms with Crippen molar-refractivity contribution in [1.29, 1.82) is 0 Å². The van der Waals surface area contributed by atoms with E-state index in [0.29, 0.717) is 5.56 Å². The Bertz CT molecular complexity index is 991. The second kappa shape index (κ2) is 7.88. The standard InChI is InChI=1S/C20H21N3O6/c1-20(14-7-6-12-4-2-3-5-13(12)8-14)18(28)23(19(29)22-20)10-16(25)21-15(11-24)9-17(26)27/h2-8,15,24H,9-11H2,1H3,(H,21,25)(H,22,29)(H,26,27)/t15-,20?/m0/s1. The maximum Gasteiger partial charge on any atom is 0.325 e. The first-order valence-electron chi connectivity index (χ1n) is 9.00. The molecule has 1 saturated heterocycles. The van der Waals surface area contributed by atoms with Gasteiger partial charge >= 0.3 is 12.0 Å². The number of imide groups is 1. The van der Waals surface area contributed by atoms with Crippen molar-refractivity contribution in [3.8, 4) is 0 Å². The molecule has 152 valence electrons. The van der Waals surface area contributed by atoms with Gasteiger partial charge in [-0.05, 0) is 29.3 Å². The van der Waals surface area contributed by atoms with Crippen molar-refractivity contribution in [2.45, 2.75) is 24.9 Å². The monoisotopic (exact) mass is 399 g/mol. The quantitative estimate of drug-likeness (QED) is 0.502. The number of hydrogen-bond donors (Lipinski definition) is 4. The normalized spacial score (nSPS) is 19.9. The minimum atomic E-state index is -1.33. The number of carboxylic acid groups (broad SMARTS) is 1. The van der Waals surface area contributed by atoms with E-state index >= 15 is 0 Å².